The van der Waals surface area contributed by atoms with Gasteiger partial charge in [-0.25, -0.2) is 4.98 Å². The number of nitro groups is 1. The van der Waals surface area contributed by atoms with Crippen molar-refractivity contribution in [3.8, 4) is 0 Å². The fourth-order valence-corrected chi connectivity index (χ4v) is 3.34. The van der Waals surface area contributed by atoms with Crippen molar-refractivity contribution in [2.45, 2.75) is 25.4 Å². The molecule has 1 atom stereocenters. The first-order valence-electron chi connectivity index (χ1n) is 7.87. The van der Waals surface area contributed by atoms with Crippen molar-refractivity contribution >= 4 is 27.4 Å². The number of pyridine rings is 1. The average Bonchev–Trinajstić information content (AvgIpc) is 3.07. The number of aromatic nitrogens is 1. The Labute approximate surface area is 143 Å². The molecule has 0 N–H and O–H groups in total. The molecule has 2 aliphatic heterocycles. The van der Waals surface area contributed by atoms with E-state index in [4.69, 9.17) is 9.47 Å². The normalized spacial score (nSPS) is 22.5. The van der Waals surface area contributed by atoms with Crippen LogP contribution in [0.3, 0.4) is 0 Å². The van der Waals surface area contributed by atoms with Gasteiger partial charge >= 0.3 is 5.69 Å². The average molecular weight is 386 g/mol. The third-order valence-corrected chi connectivity index (χ3v) is 4.78. The molecule has 0 bridgehead atoms. The SMILES string of the molecule is O=[N+]([O-])c1cc(Br)cnc1N1CCC(OCC2CCOC2)CC1. The Morgan fingerprint density at radius 1 is 1.43 bits per heavy atom. The lowest BCUT2D eigenvalue weighted by Gasteiger charge is -2.32. The molecule has 1 aromatic heterocycles. The number of halogens is 1. The van der Waals surface area contributed by atoms with Crippen molar-refractivity contribution in [3.05, 3.63) is 26.9 Å². The summed E-state index contributed by atoms with van der Waals surface area (Å²) in [5.41, 5.74) is 0.0434. The van der Waals surface area contributed by atoms with Crippen molar-refractivity contribution in [1.29, 1.82) is 0 Å². The molecule has 3 heterocycles. The monoisotopic (exact) mass is 385 g/mol. The number of nitrogens with zero attached hydrogens (tertiary/aromatic N) is 3. The maximum atomic E-state index is 11.2. The summed E-state index contributed by atoms with van der Waals surface area (Å²) in [7, 11) is 0. The summed E-state index contributed by atoms with van der Waals surface area (Å²) in [5, 5.41) is 11.2. The number of anilines is 1. The zero-order valence-electron chi connectivity index (χ0n) is 12.8. The number of piperidine rings is 1. The summed E-state index contributed by atoms with van der Waals surface area (Å²) in [6, 6.07) is 1.50. The lowest BCUT2D eigenvalue weighted by molar-refractivity contribution is -0.384. The molecule has 2 fully saturated rings. The zero-order chi connectivity index (χ0) is 16.2. The van der Waals surface area contributed by atoms with E-state index >= 15 is 0 Å². The van der Waals surface area contributed by atoms with Crippen molar-refractivity contribution in [3.63, 3.8) is 0 Å². The van der Waals surface area contributed by atoms with E-state index in [2.05, 4.69) is 20.9 Å². The molecular formula is C15H20BrN3O4. The highest BCUT2D eigenvalue weighted by molar-refractivity contribution is 9.10. The lowest BCUT2D eigenvalue weighted by atomic mass is 10.1. The van der Waals surface area contributed by atoms with Crippen molar-refractivity contribution in [2.75, 3.05) is 37.8 Å². The molecule has 2 saturated heterocycles. The third kappa shape index (κ3) is 4.19. The number of hydrogen-bond acceptors (Lipinski definition) is 6. The molecule has 0 radical (unpaired) electrons. The maximum Gasteiger partial charge on any atom is 0.312 e. The highest BCUT2D eigenvalue weighted by Crippen LogP contribution is 2.31. The summed E-state index contributed by atoms with van der Waals surface area (Å²) in [6.45, 7) is 3.84. The second-order valence-corrected chi connectivity index (χ2v) is 6.92. The largest absolute Gasteiger partial charge is 0.381 e. The van der Waals surface area contributed by atoms with Crippen LogP contribution in [0.5, 0.6) is 0 Å². The van der Waals surface area contributed by atoms with Gasteiger partial charge in [-0.1, -0.05) is 0 Å². The third-order valence-electron chi connectivity index (χ3n) is 4.34. The van der Waals surface area contributed by atoms with E-state index in [1.807, 2.05) is 4.90 Å². The van der Waals surface area contributed by atoms with Gasteiger partial charge in [-0.2, -0.15) is 0 Å². The van der Waals surface area contributed by atoms with Crippen LogP contribution in [0, 0.1) is 16.0 Å². The van der Waals surface area contributed by atoms with Crippen molar-refractivity contribution < 1.29 is 14.4 Å². The Balaban J connectivity index is 1.55. The van der Waals surface area contributed by atoms with Crippen LogP contribution in [-0.4, -0.2) is 48.9 Å². The van der Waals surface area contributed by atoms with Gasteiger partial charge in [0.2, 0.25) is 5.82 Å². The summed E-state index contributed by atoms with van der Waals surface area (Å²) < 4.78 is 11.9. The second kappa shape index (κ2) is 7.55. The molecule has 2 aliphatic rings. The molecule has 3 rings (SSSR count). The van der Waals surface area contributed by atoms with Gasteiger partial charge in [-0.3, -0.25) is 10.1 Å². The van der Waals surface area contributed by atoms with Gasteiger partial charge in [0.25, 0.3) is 0 Å². The van der Waals surface area contributed by atoms with Crippen LogP contribution in [0.1, 0.15) is 19.3 Å². The zero-order valence-corrected chi connectivity index (χ0v) is 14.4. The predicted octanol–water partition coefficient (Wildman–Crippen LogP) is 2.77. The Morgan fingerprint density at radius 3 is 2.87 bits per heavy atom. The highest BCUT2D eigenvalue weighted by Gasteiger charge is 2.27. The van der Waals surface area contributed by atoms with Gasteiger partial charge < -0.3 is 14.4 Å². The molecule has 7 nitrogen and oxygen atoms in total. The Bertz CT molecular complexity index is 558. The molecule has 0 spiro atoms. The molecule has 0 aromatic carbocycles. The molecule has 0 saturated carbocycles. The first-order valence-corrected chi connectivity index (χ1v) is 8.67. The van der Waals surface area contributed by atoms with Crippen LogP contribution in [0.15, 0.2) is 16.7 Å². The minimum atomic E-state index is -0.379. The van der Waals surface area contributed by atoms with Crippen LogP contribution in [0.4, 0.5) is 11.5 Å². The summed E-state index contributed by atoms with van der Waals surface area (Å²) in [6.07, 6.45) is 4.63. The standard InChI is InChI=1S/C15H20BrN3O4/c16-12-7-14(19(20)21)15(17-8-12)18-4-1-13(2-5-18)23-10-11-3-6-22-9-11/h7-8,11,13H,1-6,9-10H2. The van der Waals surface area contributed by atoms with E-state index in [1.165, 1.54) is 6.07 Å². The molecule has 8 heteroatoms. The Kier molecular flexibility index (Phi) is 5.45. The van der Waals surface area contributed by atoms with Gasteiger partial charge in [0.05, 0.1) is 24.2 Å². The minimum Gasteiger partial charge on any atom is -0.381 e. The lowest BCUT2D eigenvalue weighted by Crippen LogP contribution is -2.38. The smallest absolute Gasteiger partial charge is 0.312 e. The van der Waals surface area contributed by atoms with Gasteiger partial charge in [0, 0.05) is 42.4 Å². The fourth-order valence-electron chi connectivity index (χ4n) is 3.02. The molecule has 23 heavy (non-hydrogen) atoms. The molecule has 0 amide bonds. The van der Waals surface area contributed by atoms with Crippen molar-refractivity contribution in [2.24, 2.45) is 5.92 Å². The summed E-state index contributed by atoms with van der Waals surface area (Å²) in [4.78, 5) is 17.0. The van der Waals surface area contributed by atoms with E-state index in [1.54, 1.807) is 6.20 Å². The summed E-state index contributed by atoms with van der Waals surface area (Å²) in [5.74, 6) is 0.961. The molecule has 0 aliphatic carbocycles. The van der Waals surface area contributed by atoms with Crippen LogP contribution in [0.25, 0.3) is 0 Å². The van der Waals surface area contributed by atoms with E-state index in [0.29, 0.717) is 16.2 Å². The van der Waals surface area contributed by atoms with E-state index < -0.39 is 0 Å². The number of hydrogen-bond donors (Lipinski definition) is 0. The number of rotatable bonds is 5. The maximum absolute atomic E-state index is 11.2. The van der Waals surface area contributed by atoms with Crippen LogP contribution in [0.2, 0.25) is 0 Å². The Morgan fingerprint density at radius 2 is 2.22 bits per heavy atom. The second-order valence-electron chi connectivity index (χ2n) is 6.00. The van der Waals surface area contributed by atoms with E-state index in [-0.39, 0.29) is 16.7 Å². The summed E-state index contributed by atoms with van der Waals surface area (Å²) >= 11 is 3.24. The van der Waals surface area contributed by atoms with Gasteiger partial charge in [-0.15, -0.1) is 0 Å². The molecule has 1 unspecified atom stereocenters. The van der Waals surface area contributed by atoms with Crippen molar-refractivity contribution in [1.82, 2.24) is 4.98 Å². The van der Waals surface area contributed by atoms with Gasteiger partial charge in [0.1, 0.15) is 0 Å². The van der Waals surface area contributed by atoms with Crippen LogP contribution < -0.4 is 4.90 Å². The van der Waals surface area contributed by atoms with E-state index in [9.17, 15) is 10.1 Å². The van der Waals surface area contributed by atoms with Gasteiger partial charge in [-0.05, 0) is 35.2 Å². The molecular weight excluding hydrogens is 366 g/mol. The first kappa shape index (κ1) is 16.6. The van der Waals surface area contributed by atoms with E-state index in [0.717, 1.165) is 52.2 Å². The number of ether oxygens (including phenoxy) is 2. The minimum absolute atomic E-state index is 0.0434. The van der Waals surface area contributed by atoms with Crippen LogP contribution in [-0.2, 0) is 9.47 Å². The highest BCUT2D eigenvalue weighted by atomic mass is 79.9. The predicted molar refractivity (Wildman–Crippen MR) is 88.7 cm³/mol. The quantitative estimate of drug-likeness (QED) is 0.572. The topological polar surface area (TPSA) is 77.7 Å². The Hall–Kier alpha value is -1.25. The van der Waals surface area contributed by atoms with Gasteiger partial charge in [0.15, 0.2) is 0 Å². The first-order chi connectivity index (χ1) is 11.1. The van der Waals surface area contributed by atoms with Crippen LogP contribution >= 0.6 is 15.9 Å². The molecule has 1 aromatic rings. The fraction of sp³-hybridized carbons (Fsp3) is 0.667. The molecule has 126 valence electrons.